The smallest absolute Gasteiger partial charge is 0.328 e. The van der Waals surface area contributed by atoms with Gasteiger partial charge in [-0.2, -0.15) is 0 Å². The molecule has 0 aromatic carbocycles. The number of thiophene rings is 1. The Morgan fingerprint density at radius 3 is 2.68 bits per heavy atom. The van der Waals surface area contributed by atoms with Gasteiger partial charge in [0.2, 0.25) is 0 Å². The lowest BCUT2D eigenvalue weighted by Crippen LogP contribution is -2.39. The molecule has 0 bridgehead atoms. The number of fused-ring (bicyclic) bond motifs is 2. The third-order valence-electron chi connectivity index (χ3n) is 4.60. The van der Waals surface area contributed by atoms with Crippen molar-refractivity contribution < 1.29 is 0 Å². The van der Waals surface area contributed by atoms with Gasteiger partial charge >= 0.3 is 5.69 Å². The molecule has 0 aliphatic heterocycles. The summed E-state index contributed by atoms with van der Waals surface area (Å²) >= 11 is 2.82. The molecule has 0 aliphatic rings. The maximum absolute atomic E-state index is 12.7. The Hall–Kier alpha value is -2.66. The van der Waals surface area contributed by atoms with Crippen LogP contribution in [0.4, 0.5) is 0 Å². The fraction of sp³-hybridized carbons (Fsp3) is 0.353. The molecule has 0 unspecified atom stereocenters. The van der Waals surface area contributed by atoms with Gasteiger partial charge in [-0.25, -0.2) is 14.8 Å². The summed E-state index contributed by atoms with van der Waals surface area (Å²) in [4.78, 5) is 46.2. The minimum atomic E-state index is -0.383. The molecule has 0 radical (unpaired) electrons. The molecule has 4 heterocycles. The number of thioether (sulfide) groups is 1. The summed E-state index contributed by atoms with van der Waals surface area (Å²) in [5.74, 6) is 0.620. The predicted octanol–water partition coefficient (Wildman–Crippen LogP) is 0.924. The zero-order chi connectivity index (χ0) is 20.0. The van der Waals surface area contributed by atoms with E-state index in [9.17, 15) is 14.4 Å². The molecule has 4 aromatic heterocycles. The monoisotopic (exact) mass is 418 g/mol. The molecule has 0 atom stereocenters. The standard InChI is InChI=1S/C17H18N6O3S2/c1-20-9-18-13-11(20)14(24)23(17(26)21(13)2)6-4-7-28-16-19-10-5-8-27-12(10)15(25)22(16)3/h5,8-9H,4,6-7H2,1-3H3. The van der Waals surface area contributed by atoms with E-state index in [2.05, 4.69) is 9.97 Å². The van der Waals surface area contributed by atoms with E-state index in [0.717, 1.165) is 0 Å². The van der Waals surface area contributed by atoms with Gasteiger partial charge in [-0.05, 0) is 17.9 Å². The molecule has 0 fully saturated rings. The summed E-state index contributed by atoms with van der Waals surface area (Å²) in [6.45, 7) is 0.286. The predicted molar refractivity (Wildman–Crippen MR) is 110 cm³/mol. The Morgan fingerprint density at radius 2 is 1.89 bits per heavy atom. The lowest BCUT2D eigenvalue weighted by molar-refractivity contribution is 0.593. The molecular weight excluding hydrogens is 400 g/mol. The highest BCUT2D eigenvalue weighted by Crippen LogP contribution is 2.20. The molecule has 0 N–H and O–H groups in total. The number of aromatic nitrogens is 6. The average molecular weight is 419 g/mol. The zero-order valence-corrected chi connectivity index (χ0v) is 17.2. The van der Waals surface area contributed by atoms with Crippen LogP contribution in [-0.4, -0.2) is 34.0 Å². The first kappa shape index (κ1) is 18.7. The molecule has 0 amide bonds. The molecule has 0 spiro atoms. The van der Waals surface area contributed by atoms with Crippen LogP contribution in [0.5, 0.6) is 0 Å². The van der Waals surface area contributed by atoms with Crippen molar-refractivity contribution in [3.05, 3.63) is 49.0 Å². The summed E-state index contributed by atoms with van der Waals surface area (Å²) in [6.07, 6.45) is 2.11. The summed E-state index contributed by atoms with van der Waals surface area (Å²) in [7, 11) is 5.04. The fourth-order valence-corrected chi connectivity index (χ4v) is 4.78. The Balaban J connectivity index is 1.55. The summed E-state index contributed by atoms with van der Waals surface area (Å²) in [5.41, 5.74) is 0.699. The number of rotatable bonds is 5. The first-order valence-electron chi connectivity index (χ1n) is 8.58. The first-order chi connectivity index (χ1) is 13.4. The molecule has 0 aliphatic carbocycles. The number of nitrogens with zero attached hydrogens (tertiary/aromatic N) is 6. The molecule has 146 valence electrons. The summed E-state index contributed by atoms with van der Waals surface area (Å²) < 4.78 is 6.43. The van der Waals surface area contributed by atoms with Gasteiger partial charge in [0.05, 0.1) is 11.8 Å². The minimum absolute atomic E-state index is 0.0609. The van der Waals surface area contributed by atoms with Crippen molar-refractivity contribution in [1.29, 1.82) is 0 Å². The zero-order valence-electron chi connectivity index (χ0n) is 15.6. The van der Waals surface area contributed by atoms with Crippen molar-refractivity contribution in [2.75, 3.05) is 5.75 Å². The van der Waals surface area contributed by atoms with Gasteiger partial charge in [-0.1, -0.05) is 11.8 Å². The number of hydrogen-bond donors (Lipinski definition) is 0. The maximum Gasteiger partial charge on any atom is 0.332 e. The number of imidazole rings is 1. The molecule has 4 aromatic rings. The lowest BCUT2D eigenvalue weighted by atomic mass is 10.4. The van der Waals surface area contributed by atoms with E-state index in [1.165, 1.54) is 43.1 Å². The van der Waals surface area contributed by atoms with E-state index >= 15 is 0 Å². The number of aryl methyl sites for hydroxylation is 2. The fourth-order valence-electron chi connectivity index (χ4n) is 3.08. The van der Waals surface area contributed by atoms with E-state index in [1.807, 2.05) is 11.4 Å². The van der Waals surface area contributed by atoms with Crippen molar-refractivity contribution >= 4 is 44.5 Å². The van der Waals surface area contributed by atoms with Gasteiger partial charge in [0.25, 0.3) is 11.1 Å². The molecule has 11 heteroatoms. The van der Waals surface area contributed by atoms with Crippen LogP contribution in [-0.2, 0) is 27.7 Å². The average Bonchev–Trinajstić information content (AvgIpc) is 3.29. The highest BCUT2D eigenvalue weighted by molar-refractivity contribution is 7.99. The Morgan fingerprint density at radius 1 is 1.11 bits per heavy atom. The van der Waals surface area contributed by atoms with Crippen LogP contribution in [0.1, 0.15) is 6.42 Å². The van der Waals surface area contributed by atoms with E-state index in [0.29, 0.717) is 38.7 Å². The van der Waals surface area contributed by atoms with Crippen molar-refractivity contribution in [2.45, 2.75) is 18.1 Å². The molecule has 28 heavy (non-hydrogen) atoms. The third kappa shape index (κ3) is 2.90. The molecule has 4 rings (SSSR count). The minimum Gasteiger partial charge on any atom is -0.328 e. The van der Waals surface area contributed by atoms with E-state index in [1.54, 1.807) is 25.7 Å². The topological polar surface area (TPSA) is 96.7 Å². The molecule has 0 saturated carbocycles. The van der Waals surface area contributed by atoms with Crippen LogP contribution in [0.15, 0.2) is 37.3 Å². The first-order valence-corrected chi connectivity index (χ1v) is 10.4. The van der Waals surface area contributed by atoms with Gasteiger partial charge in [0, 0.05) is 33.4 Å². The van der Waals surface area contributed by atoms with Crippen LogP contribution in [0, 0.1) is 0 Å². The Labute approximate surface area is 166 Å². The van der Waals surface area contributed by atoms with E-state index < -0.39 is 0 Å². The van der Waals surface area contributed by atoms with Crippen molar-refractivity contribution in [3.63, 3.8) is 0 Å². The van der Waals surface area contributed by atoms with Crippen molar-refractivity contribution in [3.8, 4) is 0 Å². The van der Waals surface area contributed by atoms with Crippen LogP contribution in [0.3, 0.4) is 0 Å². The molecular formula is C17H18N6O3S2. The van der Waals surface area contributed by atoms with Crippen molar-refractivity contribution in [2.24, 2.45) is 21.1 Å². The van der Waals surface area contributed by atoms with E-state index in [4.69, 9.17) is 0 Å². The van der Waals surface area contributed by atoms with Crippen LogP contribution >= 0.6 is 23.1 Å². The quantitative estimate of drug-likeness (QED) is 0.272. The third-order valence-corrected chi connectivity index (χ3v) is 6.61. The van der Waals surface area contributed by atoms with Gasteiger partial charge in [-0.15, -0.1) is 11.3 Å². The highest BCUT2D eigenvalue weighted by atomic mass is 32.2. The molecule has 0 saturated heterocycles. The summed E-state index contributed by atoms with van der Waals surface area (Å²) in [5, 5.41) is 2.47. The Bertz CT molecular complexity index is 1370. The molecule has 9 nitrogen and oxygen atoms in total. The second-order valence-electron chi connectivity index (χ2n) is 6.42. The normalized spacial score (nSPS) is 11.7. The SMILES string of the molecule is Cn1c(SCCCn2c(=O)c3c(ncn3C)n(C)c2=O)nc2ccsc2c1=O. The van der Waals surface area contributed by atoms with Gasteiger partial charge in [0.1, 0.15) is 4.70 Å². The van der Waals surface area contributed by atoms with Crippen LogP contribution < -0.4 is 16.8 Å². The van der Waals surface area contributed by atoms with Gasteiger partial charge < -0.3 is 4.57 Å². The van der Waals surface area contributed by atoms with Gasteiger partial charge in [0.15, 0.2) is 16.3 Å². The second kappa shape index (κ2) is 7.06. The number of hydrogen-bond acceptors (Lipinski definition) is 7. The largest absolute Gasteiger partial charge is 0.332 e. The highest BCUT2D eigenvalue weighted by Gasteiger charge is 2.15. The lowest BCUT2D eigenvalue weighted by Gasteiger charge is -2.09. The maximum atomic E-state index is 12.7. The summed E-state index contributed by atoms with van der Waals surface area (Å²) in [6, 6.07) is 1.83. The van der Waals surface area contributed by atoms with Crippen LogP contribution in [0.25, 0.3) is 21.4 Å². The van der Waals surface area contributed by atoms with E-state index in [-0.39, 0.29) is 23.4 Å². The van der Waals surface area contributed by atoms with Crippen LogP contribution in [0.2, 0.25) is 0 Å². The Kier molecular flexibility index (Phi) is 4.71. The second-order valence-corrected chi connectivity index (χ2v) is 8.40. The van der Waals surface area contributed by atoms with Crippen molar-refractivity contribution in [1.82, 2.24) is 28.2 Å². The van der Waals surface area contributed by atoms with Gasteiger partial charge in [-0.3, -0.25) is 23.3 Å².